The highest BCUT2D eigenvalue weighted by atomic mass is 79.9. The van der Waals surface area contributed by atoms with Crippen LogP contribution in [0.15, 0.2) is 28.7 Å². The molecule has 0 unspecified atom stereocenters. The lowest BCUT2D eigenvalue weighted by Crippen LogP contribution is -2.08. The van der Waals surface area contributed by atoms with Crippen molar-refractivity contribution < 1.29 is 4.74 Å². The number of aromatic nitrogens is 2. The summed E-state index contributed by atoms with van der Waals surface area (Å²) < 4.78 is 6.87. The largest absolute Gasteiger partial charge is 0.485 e. The minimum absolute atomic E-state index is 0.366. The number of rotatable bonds is 6. The van der Waals surface area contributed by atoms with Crippen molar-refractivity contribution in [3.05, 3.63) is 45.8 Å². The van der Waals surface area contributed by atoms with Gasteiger partial charge >= 0.3 is 0 Å². The molecule has 0 amide bonds. The van der Waals surface area contributed by atoms with Gasteiger partial charge in [0.2, 0.25) is 0 Å². The SMILES string of the molecule is CCCNc1cc(C)nc(COc2ccc(Br)cc2C)n1. The van der Waals surface area contributed by atoms with E-state index in [4.69, 9.17) is 4.74 Å². The number of halogens is 1. The van der Waals surface area contributed by atoms with Crippen LogP contribution in [-0.2, 0) is 6.61 Å². The summed E-state index contributed by atoms with van der Waals surface area (Å²) in [5.74, 6) is 2.40. The molecule has 4 nitrogen and oxygen atoms in total. The standard InChI is InChI=1S/C16H20BrN3O/c1-4-7-18-15-9-12(3)19-16(20-15)10-21-14-6-5-13(17)8-11(14)2/h5-6,8-9H,4,7,10H2,1-3H3,(H,18,19,20). The van der Waals surface area contributed by atoms with Crippen LogP contribution < -0.4 is 10.1 Å². The van der Waals surface area contributed by atoms with Crippen LogP contribution in [0.5, 0.6) is 5.75 Å². The molecule has 0 saturated carbocycles. The molecule has 1 N–H and O–H groups in total. The van der Waals surface area contributed by atoms with Crippen molar-refractivity contribution in [1.82, 2.24) is 9.97 Å². The summed E-state index contributed by atoms with van der Waals surface area (Å²) in [6, 6.07) is 7.89. The number of nitrogens with one attached hydrogen (secondary N) is 1. The van der Waals surface area contributed by atoms with E-state index in [9.17, 15) is 0 Å². The van der Waals surface area contributed by atoms with Gasteiger partial charge in [0.25, 0.3) is 0 Å². The van der Waals surface area contributed by atoms with E-state index < -0.39 is 0 Å². The monoisotopic (exact) mass is 349 g/mol. The first-order valence-corrected chi connectivity index (χ1v) is 7.85. The number of nitrogens with zero attached hydrogens (tertiary/aromatic N) is 2. The van der Waals surface area contributed by atoms with Gasteiger partial charge < -0.3 is 10.1 Å². The molecule has 1 aromatic heterocycles. The molecule has 5 heteroatoms. The predicted octanol–water partition coefficient (Wildman–Crippen LogP) is 4.26. The highest BCUT2D eigenvalue weighted by molar-refractivity contribution is 9.10. The summed E-state index contributed by atoms with van der Waals surface area (Å²) in [6.07, 6.45) is 1.06. The number of hydrogen-bond acceptors (Lipinski definition) is 4. The van der Waals surface area contributed by atoms with E-state index in [1.807, 2.05) is 38.1 Å². The van der Waals surface area contributed by atoms with Crippen LogP contribution in [0.1, 0.15) is 30.4 Å². The van der Waals surface area contributed by atoms with E-state index in [0.717, 1.165) is 40.3 Å². The third-order valence-electron chi connectivity index (χ3n) is 2.95. The van der Waals surface area contributed by atoms with E-state index >= 15 is 0 Å². The Hall–Kier alpha value is -1.62. The highest BCUT2D eigenvalue weighted by Crippen LogP contribution is 2.22. The minimum Gasteiger partial charge on any atom is -0.485 e. The van der Waals surface area contributed by atoms with Crippen LogP contribution in [0, 0.1) is 13.8 Å². The molecule has 2 rings (SSSR count). The van der Waals surface area contributed by atoms with Crippen molar-refractivity contribution in [1.29, 1.82) is 0 Å². The van der Waals surface area contributed by atoms with Crippen LogP contribution >= 0.6 is 15.9 Å². The fourth-order valence-electron chi connectivity index (χ4n) is 1.96. The first kappa shape index (κ1) is 15.8. The molecule has 0 atom stereocenters. The highest BCUT2D eigenvalue weighted by Gasteiger charge is 2.05. The molecule has 0 saturated heterocycles. The van der Waals surface area contributed by atoms with Gasteiger partial charge in [-0.1, -0.05) is 22.9 Å². The maximum absolute atomic E-state index is 5.82. The summed E-state index contributed by atoms with van der Waals surface area (Å²) in [4.78, 5) is 8.90. The molecule has 1 aromatic carbocycles. The molecule has 0 aliphatic rings. The zero-order chi connectivity index (χ0) is 15.2. The normalized spacial score (nSPS) is 10.5. The molecule has 1 heterocycles. The Labute approximate surface area is 134 Å². The molecule has 2 aromatic rings. The summed E-state index contributed by atoms with van der Waals surface area (Å²) in [5.41, 5.74) is 2.02. The third-order valence-corrected chi connectivity index (χ3v) is 3.44. The van der Waals surface area contributed by atoms with Crippen molar-refractivity contribution in [2.24, 2.45) is 0 Å². The summed E-state index contributed by atoms with van der Waals surface area (Å²) >= 11 is 3.45. The summed E-state index contributed by atoms with van der Waals surface area (Å²) in [7, 11) is 0. The molecule has 21 heavy (non-hydrogen) atoms. The number of benzene rings is 1. The van der Waals surface area contributed by atoms with Gasteiger partial charge in [0.15, 0.2) is 5.82 Å². The Morgan fingerprint density at radius 1 is 1.19 bits per heavy atom. The lowest BCUT2D eigenvalue weighted by Gasteiger charge is -2.11. The van der Waals surface area contributed by atoms with Crippen molar-refractivity contribution in [2.45, 2.75) is 33.8 Å². The molecule has 0 aliphatic heterocycles. The fourth-order valence-corrected chi connectivity index (χ4v) is 2.43. The Morgan fingerprint density at radius 2 is 2.00 bits per heavy atom. The van der Waals surface area contributed by atoms with Gasteiger partial charge in [-0.2, -0.15) is 0 Å². The second kappa shape index (κ2) is 7.41. The molecule has 0 fully saturated rings. The van der Waals surface area contributed by atoms with Crippen LogP contribution in [0.25, 0.3) is 0 Å². The van der Waals surface area contributed by atoms with Gasteiger partial charge in [0, 0.05) is 22.8 Å². The van der Waals surface area contributed by atoms with Gasteiger partial charge in [0.1, 0.15) is 18.2 Å². The zero-order valence-corrected chi connectivity index (χ0v) is 14.2. The lowest BCUT2D eigenvalue weighted by molar-refractivity contribution is 0.293. The molecule has 0 aliphatic carbocycles. The van der Waals surface area contributed by atoms with Crippen LogP contribution in [0.3, 0.4) is 0 Å². The van der Waals surface area contributed by atoms with Crippen molar-refractivity contribution >= 4 is 21.7 Å². The maximum Gasteiger partial charge on any atom is 0.168 e. The smallest absolute Gasteiger partial charge is 0.168 e. The van der Waals surface area contributed by atoms with Crippen molar-refractivity contribution in [3.8, 4) is 5.75 Å². The summed E-state index contributed by atoms with van der Waals surface area (Å²) in [6.45, 7) is 7.38. The van der Waals surface area contributed by atoms with E-state index in [-0.39, 0.29) is 0 Å². The van der Waals surface area contributed by atoms with Crippen molar-refractivity contribution in [3.63, 3.8) is 0 Å². The number of hydrogen-bond donors (Lipinski definition) is 1. The van der Waals surface area contributed by atoms with Crippen LogP contribution in [0.4, 0.5) is 5.82 Å². The summed E-state index contributed by atoms with van der Waals surface area (Å²) in [5, 5.41) is 3.28. The molecular formula is C16H20BrN3O. The van der Waals surface area contributed by atoms with Crippen LogP contribution in [0.2, 0.25) is 0 Å². The molecule has 0 bridgehead atoms. The maximum atomic E-state index is 5.82. The lowest BCUT2D eigenvalue weighted by atomic mass is 10.2. The van der Waals surface area contributed by atoms with E-state index in [1.165, 1.54) is 0 Å². The average molecular weight is 350 g/mol. The Bertz CT molecular complexity index is 616. The van der Waals surface area contributed by atoms with Gasteiger partial charge in [-0.3, -0.25) is 0 Å². The first-order valence-electron chi connectivity index (χ1n) is 7.06. The molecular weight excluding hydrogens is 330 g/mol. The Kier molecular flexibility index (Phi) is 5.56. The zero-order valence-electron chi connectivity index (χ0n) is 12.6. The van der Waals surface area contributed by atoms with E-state index in [0.29, 0.717) is 12.4 Å². The second-order valence-corrected chi connectivity index (χ2v) is 5.85. The Morgan fingerprint density at radius 3 is 2.71 bits per heavy atom. The van der Waals surface area contributed by atoms with E-state index in [1.54, 1.807) is 0 Å². The third kappa shape index (κ3) is 4.70. The predicted molar refractivity (Wildman–Crippen MR) is 88.8 cm³/mol. The average Bonchev–Trinajstić information content (AvgIpc) is 2.43. The topological polar surface area (TPSA) is 47.0 Å². The Balaban J connectivity index is 2.07. The first-order chi connectivity index (χ1) is 10.1. The van der Waals surface area contributed by atoms with E-state index in [2.05, 4.69) is 38.1 Å². The van der Waals surface area contributed by atoms with Gasteiger partial charge in [-0.25, -0.2) is 9.97 Å². The van der Waals surface area contributed by atoms with Gasteiger partial charge in [-0.15, -0.1) is 0 Å². The van der Waals surface area contributed by atoms with Crippen LogP contribution in [-0.4, -0.2) is 16.5 Å². The fraction of sp³-hybridized carbons (Fsp3) is 0.375. The minimum atomic E-state index is 0.366. The molecule has 0 spiro atoms. The second-order valence-electron chi connectivity index (χ2n) is 4.94. The number of anilines is 1. The van der Waals surface area contributed by atoms with Gasteiger partial charge in [0.05, 0.1) is 0 Å². The number of ether oxygens (including phenoxy) is 1. The quantitative estimate of drug-likeness (QED) is 0.846. The van der Waals surface area contributed by atoms with Gasteiger partial charge in [-0.05, 0) is 44.0 Å². The number of aryl methyl sites for hydroxylation is 2. The molecule has 112 valence electrons. The molecule has 0 radical (unpaired) electrons. The van der Waals surface area contributed by atoms with Crippen molar-refractivity contribution in [2.75, 3.05) is 11.9 Å².